The first kappa shape index (κ1) is 13.2. The topological polar surface area (TPSA) is 35.2 Å². The van der Waals surface area contributed by atoms with Gasteiger partial charge < -0.3 is 10.5 Å². The van der Waals surface area contributed by atoms with Crippen LogP contribution in [0, 0.1) is 5.82 Å². The van der Waals surface area contributed by atoms with Gasteiger partial charge in [0.1, 0.15) is 18.2 Å². The molecule has 2 rings (SSSR count). The zero-order chi connectivity index (χ0) is 13.1. The molecule has 2 nitrogen and oxygen atoms in total. The summed E-state index contributed by atoms with van der Waals surface area (Å²) >= 11 is 9.23. The predicted octanol–water partition coefficient (Wildman–Crippen LogP) is 4.40. The summed E-state index contributed by atoms with van der Waals surface area (Å²) in [4.78, 5) is 0. The fourth-order valence-electron chi connectivity index (χ4n) is 1.44. The van der Waals surface area contributed by atoms with Crippen LogP contribution in [0.4, 0.5) is 10.1 Å². The molecule has 0 radical (unpaired) electrons. The number of ether oxygens (including phenoxy) is 1. The summed E-state index contributed by atoms with van der Waals surface area (Å²) in [6.07, 6.45) is 0. The Kier molecular flexibility index (Phi) is 4.09. The highest BCUT2D eigenvalue weighted by Crippen LogP contribution is 2.27. The molecule has 0 bridgehead atoms. The second-order valence-electron chi connectivity index (χ2n) is 3.71. The van der Waals surface area contributed by atoms with Crippen molar-refractivity contribution in [3.8, 4) is 5.75 Å². The van der Waals surface area contributed by atoms with Crippen molar-refractivity contribution in [2.24, 2.45) is 0 Å². The molecule has 0 aliphatic heterocycles. The maximum atomic E-state index is 13.5. The van der Waals surface area contributed by atoms with Crippen LogP contribution in [0.1, 0.15) is 5.56 Å². The van der Waals surface area contributed by atoms with Gasteiger partial charge in [-0.05, 0) is 30.3 Å². The minimum atomic E-state index is -0.321. The molecular formula is C13H10BrClFNO. The summed E-state index contributed by atoms with van der Waals surface area (Å²) in [5.74, 6) is 0.120. The number of hydrogen-bond donors (Lipinski definition) is 1. The van der Waals surface area contributed by atoms with Gasteiger partial charge in [0.2, 0.25) is 0 Å². The van der Waals surface area contributed by atoms with Crippen molar-refractivity contribution in [2.45, 2.75) is 6.61 Å². The molecule has 0 fully saturated rings. The maximum absolute atomic E-state index is 13.5. The predicted molar refractivity (Wildman–Crippen MR) is 74.3 cm³/mol. The Hall–Kier alpha value is -1.26. The van der Waals surface area contributed by atoms with Gasteiger partial charge in [0.05, 0.1) is 5.02 Å². The summed E-state index contributed by atoms with van der Waals surface area (Å²) in [5.41, 5.74) is 6.62. The minimum Gasteiger partial charge on any atom is -0.487 e. The molecule has 0 saturated carbocycles. The van der Waals surface area contributed by atoms with Crippen LogP contribution < -0.4 is 10.5 Å². The Morgan fingerprint density at radius 1 is 1.22 bits per heavy atom. The van der Waals surface area contributed by atoms with Gasteiger partial charge in [-0.3, -0.25) is 0 Å². The van der Waals surface area contributed by atoms with Crippen LogP contribution in [0.2, 0.25) is 5.02 Å². The zero-order valence-corrected chi connectivity index (χ0v) is 11.6. The third kappa shape index (κ3) is 3.15. The molecule has 0 unspecified atom stereocenters. The summed E-state index contributed by atoms with van der Waals surface area (Å²) in [6, 6.07) is 9.60. The first-order valence-electron chi connectivity index (χ1n) is 5.18. The molecule has 0 aliphatic rings. The van der Waals surface area contributed by atoms with Crippen LogP contribution >= 0.6 is 27.5 Å². The van der Waals surface area contributed by atoms with Crippen molar-refractivity contribution in [3.05, 3.63) is 57.3 Å². The molecule has 0 aromatic heterocycles. The van der Waals surface area contributed by atoms with E-state index in [-0.39, 0.29) is 12.4 Å². The SMILES string of the molecule is Nc1ccc(Cl)c(OCc2cc(Br)ccc2F)c1. The van der Waals surface area contributed by atoms with Crippen molar-refractivity contribution in [1.82, 2.24) is 0 Å². The number of rotatable bonds is 3. The van der Waals surface area contributed by atoms with E-state index in [9.17, 15) is 4.39 Å². The first-order chi connectivity index (χ1) is 8.56. The first-order valence-corrected chi connectivity index (χ1v) is 6.35. The van der Waals surface area contributed by atoms with Crippen molar-refractivity contribution in [2.75, 3.05) is 5.73 Å². The molecule has 5 heteroatoms. The average Bonchev–Trinajstić information content (AvgIpc) is 2.34. The number of benzene rings is 2. The van der Waals surface area contributed by atoms with Gasteiger partial charge >= 0.3 is 0 Å². The molecular weight excluding hydrogens is 321 g/mol. The highest BCUT2D eigenvalue weighted by molar-refractivity contribution is 9.10. The Morgan fingerprint density at radius 2 is 2.00 bits per heavy atom. The number of halogens is 3. The van der Waals surface area contributed by atoms with Crippen LogP contribution in [0.3, 0.4) is 0 Å². The molecule has 0 aliphatic carbocycles. The monoisotopic (exact) mass is 329 g/mol. The molecule has 2 aromatic rings. The van der Waals surface area contributed by atoms with Crippen LogP contribution in [-0.2, 0) is 6.61 Å². The van der Waals surface area contributed by atoms with E-state index in [0.717, 1.165) is 4.47 Å². The molecule has 0 heterocycles. The average molecular weight is 331 g/mol. The highest BCUT2D eigenvalue weighted by Gasteiger charge is 2.06. The summed E-state index contributed by atoms with van der Waals surface area (Å²) in [5, 5.41) is 0.444. The van der Waals surface area contributed by atoms with Crippen LogP contribution in [-0.4, -0.2) is 0 Å². The summed E-state index contributed by atoms with van der Waals surface area (Å²) in [6.45, 7) is 0.0917. The van der Waals surface area contributed by atoms with Gasteiger partial charge in [0.25, 0.3) is 0 Å². The van der Waals surface area contributed by atoms with Crippen LogP contribution in [0.15, 0.2) is 40.9 Å². The quantitative estimate of drug-likeness (QED) is 0.846. The molecule has 2 aromatic carbocycles. The second-order valence-corrected chi connectivity index (χ2v) is 5.04. The Labute approximate surface area is 118 Å². The molecule has 94 valence electrons. The Balaban J connectivity index is 2.16. The lowest BCUT2D eigenvalue weighted by Gasteiger charge is -2.09. The third-order valence-electron chi connectivity index (χ3n) is 2.35. The molecule has 2 N–H and O–H groups in total. The molecule has 0 atom stereocenters. The van der Waals surface area contributed by atoms with E-state index < -0.39 is 0 Å². The van der Waals surface area contributed by atoms with Crippen LogP contribution in [0.5, 0.6) is 5.75 Å². The summed E-state index contributed by atoms with van der Waals surface area (Å²) in [7, 11) is 0. The Morgan fingerprint density at radius 3 is 2.78 bits per heavy atom. The van der Waals surface area contributed by atoms with Gasteiger partial charge in [0, 0.05) is 21.8 Å². The van der Waals surface area contributed by atoms with Crippen molar-refractivity contribution < 1.29 is 9.13 Å². The number of hydrogen-bond acceptors (Lipinski definition) is 2. The van der Waals surface area contributed by atoms with Crippen molar-refractivity contribution in [3.63, 3.8) is 0 Å². The molecule has 0 spiro atoms. The van der Waals surface area contributed by atoms with Gasteiger partial charge in [-0.2, -0.15) is 0 Å². The van der Waals surface area contributed by atoms with E-state index >= 15 is 0 Å². The zero-order valence-electron chi connectivity index (χ0n) is 9.29. The lowest BCUT2D eigenvalue weighted by molar-refractivity contribution is 0.300. The summed E-state index contributed by atoms with van der Waals surface area (Å²) < 4.78 is 19.8. The standard InChI is InChI=1S/C13H10BrClFNO/c14-9-1-4-12(16)8(5-9)7-18-13-6-10(17)2-3-11(13)15/h1-6H,7,17H2. The fourth-order valence-corrected chi connectivity index (χ4v) is 2.02. The van der Waals surface area contributed by atoms with E-state index in [1.54, 1.807) is 30.3 Å². The van der Waals surface area contributed by atoms with E-state index in [0.29, 0.717) is 22.0 Å². The third-order valence-corrected chi connectivity index (χ3v) is 3.15. The van der Waals surface area contributed by atoms with Crippen LogP contribution in [0.25, 0.3) is 0 Å². The van der Waals surface area contributed by atoms with Crippen molar-refractivity contribution in [1.29, 1.82) is 0 Å². The van der Waals surface area contributed by atoms with Crippen molar-refractivity contribution >= 4 is 33.2 Å². The van der Waals surface area contributed by atoms with E-state index in [2.05, 4.69) is 15.9 Å². The highest BCUT2D eigenvalue weighted by atomic mass is 79.9. The van der Waals surface area contributed by atoms with Gasteiger partial charge in [-0.25, -0.2) is 4.39 Å². The van der Waals surface area contributed by atoms with Gasteiger partial charge in [-0.1, -0.05) is 27.5 Å². The minimum absolute atomic E-state index is 0.0917. The molecule has 0 amide bonds. The smallest absolute Gasteiger partial charge is 0.140 e. The molecule has 18 heavy (non-hydrogen) atoms. The normalized spacial score (nSPS) is 10.4. The van der Waals surface area contributed by atoms with E-state index in [1.807, 2.05) is 0 Å². The molecule has 0 saturated heterocycles. The van der Waals surface area contributed by atoms with Gasteiger partial charge in [0.15, 0.2) is 0 Å². The number of nitrogen functional groups attached to an aromatic ring is 1. The van der Waals surface area contributed by atoms with E-state index in [1.165, 1.54) is 6.07 Å². The number of anilines is 1. The van der Waals surface area contributed by atoms with Gasteiger partial charge in [-0.15, -0.1) is 0 Å². The lowest BCUT2D eigenvalue weighted by atomic mass is 10.2. The number of nitrogens with two attached hydrogens (primary N) is 1. The largest absolute Gasteiger partial charge is 0.487 e. The lowest BCUT2D eigenvalue weighted by Crippen LogP contribution is -1.99. The maximum Gasteiger partial charge on any atom is 0.140 e. The second kappa shape index (κ2) is 5.59. The fraction of sp³-hybridized carbons (Fsp3) is 0.0769. The van der Waals surface area contributed by atoms with E-state index in [4.69, 9.17) is 22.1 Å². The Bertz CT molecular complexity index is 525.